The van der Waals surface area contributed by atoms with E-state index in [1.807, 2.05) is 24.3 Å². The Morgan fingerprint density at radius 1 is 1.56 bits per heavy atom. The molecule has 0 aromatic heterocycles. The van der Waals surface area contributed by atoms with Crippen molar-refractivity contribution in [1.29, 1.82) is 0 Å². The Morgan fingerprint density at radius 2 is 2.39 bits per heavy atom. The van der Waals surface area contributed by atoms with Crippen LogP contribution in [0.3, 0.4) is 0 Å². The van der Waals surface area contributed by atoms with E-state index in [1.54, 1.807) is 7.11 Å². The normalized spacial score (nSPS) is 30.3. The third-order valence-corrected chi connectivity index (χ3v) is 3.05. The second-order valence-electron chi connectivity index (χ2n) is 4.38. The summed E-state index contributed by atoms with van der Waals surface area (Å²) in [5.41, 5.74) is 0.639. The van der Waals surface area contributed by atoms with E-state index in [9.17, 15) is 4.79 Å². The summed E-state index contributed by atoms with van der Waals surface area (Å²) in [6.45, 7) is 0. The predicted molar refractivity (Wildman–Crippen MR) is 66.8 cm³/mol. The first-order chi connectivity index (χ1) is 8.74. The minimum atomic E-state index is -0.273. The molecule has 2 aliphatic rings. The van der Waals surface area contributed by atoms with E-state index in [1.165, 1.54) is 7.11 Å². The standard InChI is InChI=1S/C14H18O4/c1-16-13(15)11-7-3-5-10(9-11)6-4-8-12-14(17-2)18-12/h3-4,7-10,12,14H,5-6H2,1-2H3/b8-4+. The van der Waals surface area contributed by atoms with Gasteiger partial charge in [0.1, 0.15) is 6.10 Å². The van der Waals surface area contributed by atoms with Crippen LogP contribution < -0.4 is 0 Å². The van der Waals surface area contributed by atoms with E-state index in [4.69, 9.17) is 14.2 Å². The fraction of sp³-hybridized carbons (Fsp3) is 0.500. The molecule has 1 saturated heterocycles. The number of hydrogen-bond acceptors (Lipinski definition) is 4. The van der Waals surface area contributed by atoms with Gasteiger partial charge in [-0.25, -0.2) is 4.79 Å². The van der Waals surface area contributed by atoms with Gasteiger partial charge in [0.05, 0.1) is 12.7 Å². The van der Waals surface area contributed by atoms with E-state index >= 15 is 0 Å². The summed E-state index contributed by atoms with van der Waals surface area (Å²) in [7, 11) is 3.03. The predicted octanol–water partition coefficient (Wildman–Crippen LogP) is 1.98. The topological polar surface area (TPSA) is 48.1 Å². The Bertz CT molecular complexity index is 395. The number of allylic oxidation sites excluding steroid dienone is 3. The van der Waals surface area contributed by atoms with Crippen LogP contribution in [0.5, 0.6) is 0 Å². The van der Waals surface area contributed by atoms with Gasteiger partial charge in [-0.2, -0.15) is 0 Å². The number of methoxy groups -OCH3 is 2. The molecular formula is C14H18O4. The molecule has 18 heavy (non-hydrogen) atoms. The van der Waals surface area contributed by atoms with Gasteiger partial charge in [-0.15, -0.1) is 0 Å². The van der Waals surface area contributed by atoms with Crippen molar-refractivity contribution in [3.63, 3.8) is 0 Å². The largest absolute Gasteiger partial charge is 0.465 e. The van der Waals surface area contributed by atoms with Crippen LogP contribution in [-0.4, -0.2) is 32.6 Å². The molecule has 1 aliphatic heterocycles. The lowest BCUT2D eigenvalue weighted by Gasteiger charge is -2.13. The number of epoxide rings is 1. The van der Waals surface area contributed by atoms with Gasteiger partial charge in [-0.1, -0.05) is 30.4 Å². The molecular weight excluding hydrogens is 232 g/mol. The van der Waals surface area contributed by atoms with Crippen LogP contribution in [-0.2, 0) is 19.0 Å². The highest BCUT2D eigenvalue weighted by Crippen LogP contribution is 2.25. The van der Waals surface area contributed by atoms with Gasteiger partial charge in [-0.3, -0.25) is 0 Å². The smallest absolute Gasteiger partial charge is 0.337 e. The van der Waals surface area contributed by atoms with Gasteiger partial charge < -0.3 is 14.2 Å². The van der Waals surface area contributed by atoms with Crippen LogP contribution in [0.25, 0.3) is 0 Å². The molecule has 1 fully saturated rings. The minimum Gasteiger partial charge on any atom is -0.465 e. The third-order valence-electron chi connectivity index (χ3n) is 3.05. The maximum atomic E-state index is 11.4. The Morgan fingerprint density at radius 3 is 3.06 bits per heavy atom. The number of ether oxygens (including phenoxy) is 3. The number of esters is 1. The summed E-state index contributed by atoms with van der Waals surface area (Å²) >= 11 is 0. The molecule has 0 aromatic rings. The Labute approximate surface area is 107 Å². The van der Waals surface area contributed by atoms with E-state index < -0.39 is 0 Å². The number of rotatable bonds is 5. The highest BCUT2D eigenvalue weighted by Gasteiger charge is 2.36. The SMILES string of the molecule is COC(=O)C1=CC(C/C=C/C2OC2OC)CC=C1. The highest BCUT2D eigenvalue weighted by molar-refractivity contribution is 5.91. The van der Waals surface area contributed by atoms with Gasteiger partial charge in [-0.05, 0) is 18.8 Å². The molecule has 1 aliphatic carbocycles. The minimum absolute atomic E-state index is 0.0753. The van der Waals surface area contributed by atoms with Crippen molar-refractivity contribution in [2.75, 3.05) is 14.2 Å². The van der Waals surface area contributed by atoms with Gasteiger partial charge in [0, 0.05) is 7.11 Å². The molecule has 98 valence electrons. The number of carbonyl (C=O) groups is 1. The zero-order chi connectivity index (χ0) is 13.0. The van der Waals surface area contributed by atoms with Crippen LogP contribution in [0.2, 0.25) is 0 Å². The molecule has 0 amide bonds. The van der Waals surface area contributed by atoms with Crippen molar-refractivity contribution in [1.82, 2.24) is 0 Å². The zero-order valence-electron chi connectivity index (χ0n) is 10.7. The number of carbonyl (C=O) groups excluding carboxylic acids is 1. The van der Waals surface area contributed by atoms with Crippen LogP contribution in [0.15, 0.2) is 36.0 Å². The molecule has 0 radical (unpaired) electrons. The van der Waals surface area contributed by atoms with E-state index in [2.05, 4.69) is 6.08 Å². The monoisotopic (exact) mass is 250 g/mol. The summed E-state index contributed by atoms with van der Waals surface area (Å²) in [5.74, 6) is 0.0741. The first-order valence-corrected chi connectivity index (χ1v) is 6.06. The summed E-state index contributed by atoms with van der Waals surface area (Å²) in [6.07, 6.45) is 11.7. The van der Waals surface area contributed by atoms with Crippen molar-refractivity contribution in [2.24, 2.45) is 5.92 Å². The van der Waals surface area contributed by atoms with Gasteiger partial charge in [0.25, 0.3) is 0 Å². The lowest BCUT2D eigenvalue weighted by atomic mass is 9.93. The summed E-state index contributed by atoms with van der Waals surface area (Å²) in [6, 6.07) is 0. The quantitative estimate of drug-likeness (QED) is 0.425. The van der Waals surface area contributed by atoms with Crippen LogP contribution in [0.1, 0.15) is 12.8 Å². The Kier molecular flexibility index (Phi) is 4.33. The van der Waals surface area contributed by atoms with Crippen molar-refractivity contribution < 1.29 is 19.0 Å². The molecule has 0 N–H and O–H groups in total. The molecule has 0 saturated carbocycles. The lowest BCUT2D eigenvalue weighted by molar-refractivity contribution is -0.135. The second-order valence-corrected chi connectivity index (χ2v) is 4.38. The van der Waals surface area contributed by atoms with Gasteiger partial charge in [0.2, 0.25) is 0 Å². The van der Waals surface area contributed by atoms with Crippen molar-refractivity contribution in [2.45, 2.75) is 25.2 Å². The fourth-order valence-corrected chi connectivity index (χ4v) is 1.99. The second kappa shape index (κ2) is 5.98. The molecule has 0 bridgehead atoms. The summed E-state index contributed by atoms with van der Waals surface area (Å²) in [5, 5.41) is 0. The molecule has 2 rings (SSSR count). The van der Waals surface area contributed by atoms with E-state index in [-0.39, 0.29) is 18.4 Å². The van der Waals surface area contributed by atoms with Gasteiger partial charge in [0.15, 0.2) is 6.29 Å². The molecule has 0 spiro atoms. The van der Waals surface area contributed by atoms with Crippen LogP contribution >= 0.6 is 0 Å². The summed E-state index contributed by atoms with van der Waals surface area (Å²) in [4.78, 5) is 11.4. The molecule has 3 atom stereocenters. The maximum Gasteiger partial charge on any atom is 0.337 e. The van der Waals surface area contributed by atoms with Crippen LogP contribution in [0.4, 0.5) is 0 Å². The first kappa shape index (κ1) is 13.1. The fourth-order valence-electron chi connectivity index (χ4n) is 1.99. The summed E-state index contributed by atoms with van der Waals surface area (Å²) < 4.78 is 14.9. The third kappa shape index (κ3) is 3.31. The van der Waals surface area contributed by atoms with Crippen LogP contribution in [0, 0.1) is 5.92 Å². The van der Waals surface area contributed by atoms with E-state index in [0.29, 0.717) is 11.5 Å². The first-order valence-electron chi connectivity index (χ1n) is 6.06. The molecule has 4 nitrogen and oxygen atoms in total. The zero-order valence-corrected chi connectivity index (χ0v) is 10.7. The molecule has 1 heterocycles. The molecule has 0 aromatic carbocycles. The Balaban J connectivity index is 1.82. The molecule has 3 unspecified atom stereocenters. The Hall–Kier alpha value is -1.39. The lowest BCUT2D eigenvalue weighted by Crippen LogP contribution is -2.08. The van der Waals surface area contributed by atoms with Gasteiger partial charge >= 0.3 is 5.97 Å². The van der Waals surface area contributed by atoms with Crippen molar-refractivity contribution in [3.8, 4) is 0 Å². The van der Waals surface area contributed by atoms with Crippen molar-refractivity contribution >= 4 is 5.97 Å². The molecule has 4 heteroatoms. The highest BCUT2D eigenvalue weighted by atomic mass is 16.8. The average molecular weight is 250 g/mol. The maximum absolute atomic E-state index is 11.4. The van der Waals surface area contributed by atoms with E-state index in [0.717, 1.165) is 12.8 Å². The average Bonchev–Trinajstić information content (AvgIpc) is 3.17. The van der Waals surface area contributed by atoms with Crippen molar-refractivity contribution in [3.05, 3.63) is 36.0 Å². The number of hydrogen-bond donors (Lipinski definition) is 0.